The first-order valence-electron chi connectivity index (χ1n) is 5.60. The summed E-state index contributed by atoms with van der Waals surface area (Å²) in [5.74, 6) is 0.416. The molecule has 1 rings (SSSR count). The first kappa shape index (κ1) is 12.5. The van der Waals surface area contributed by atoms with Crippen LogP contribution in [0.4, 0.5) is 0 Å². The van der Waals surface area contributed by atoms with Gasteiger partial charge in [0.25, 0.3) is 0 Å². The smallest absolute Gasteiger partial charge is 0.221 e. The van der Waals surface area contributed by atoms with E-state index in [2.05, 4.69) is 5.32 Å². The average Bonchev–Trinajstić information content (AvgIpc) is 2.10. The number of nitrogens with one attached hydrogen (secondary N) is 1. The maximum Gasteiger partial charge on any atom is 0.221 e. The van der Waals surface area contributed by atoms with Crippen LogP contribution in [0.1, 0.15) is 33.1 Å². The molecule has 1 atom stereocenters. The number of nitrogens with two attached hydrogens (primary N) is 1. The normalized spacial score (nSPS) is 27.3. The zero-order chi connectivity index (χ0) is 11.4. The SMILES string of the molecule is COC1CC(NC(=O)CC(N)C(C)C)C1. The summed E-state index contributed by atoms with van der Waals surface area (Å²) in [5, 5.41) is 2.97. The highest BCUT2D eigenvalue weighted by molar-refractivity contribution is 5.77. The van der Waals surface area contributed by atoms with E-state index in [0.717, 1.165) is 12.8 Å². The van der Waals surface area contributed by atoms with E-state index in [0.29, 0.717) is 24.5 Å². The molecule has 15 heavy (non-hydrogen) atoms. The van der Waals surface area contributed by atoms with Gasteiger partial charge in [-0.15, -0.1) is 0 Å². The van der Waals surface area contributed by atoms with Crippen molar-refractivity contribution in [2.24, 2.45) is 11.7 Å². The second-order valence-corrected chi connectivity index (χ2v) is 4.71. The van der Waals surface area contributed by atoms with Gasteiger partial charge >= 0.3 is 0 Å². The summed E-state index contributed by atoms with van der Waals surface area (Å²) >= 11 is 0. The van der Waals surface area contributed by atoms with E-state index in [-0.39, 0.29) is 11.9 Å². The lowest BCUT2D eigenvalue weighted by atomic mass is 9.89. The Labute approximate surface area is 91.5 Å². The third-order valence-electron chi connectivity index (χ3n) is 3.07. The molecule has 0 aliphatic heterocycles. The Bertz CT molecular complexity index is 213. The van der Waals surface area contributed by atoms with Crippen molar-refractivity contribution in [2.75, 3.05) is 7.11 Å². The number of rotatable bonds is 5. The first-order chi connectivity index (χ1) is 7.02. The van der Waals surface area contributed by atoms with Gasteiger partial charge in [-0.2, -0.15) is 0 Å². The highest BCUT2D eigenvalue weighted by Gasteiger charge is 2.30. The van der Waals surface area contributed by atoms with Crippen LogP contribution < -0.4 is 11.1 Å². The number of carbonyl (C=O) groups is 1. The van der Waals surface area contributed by atoms with Crippen LogP contribution in [0.2, 0.25) is 0 Å². The molecule has 3 N–H and O–H groups in total. The van der Waals surface area contributed by atoms with E-state index >= 15 is 0 Å². The van der Waals surface area contributed by atoms with Crippen molar-refractivity contribution in [1.29, 1.82) is 0 Å². The quantitative estimate of drug-likeness (QED) is 0.706. The van der Waals surface area contributed by atoms with Gasteiger partial charge in [0.05, 0.1) is 6.10 Å². The summed E-state index contributed by atoms with van der Waals surface area (Å²) < 4.78 is 5.14. The molecule has 0 spiro atoms. The van der Waals surface area contributed by atoms with Crippen molar-refractivity contribution in [3.63, 3.8) is 0 Å². The molecule has 0 aromatic rings. The molecule has 0 aromatic heterocycles. The Hall–Kier alpha value is -0.610. The number of hydrogen-bond donors (Lipinski definition) is 2. The van der Waals surface area contributed by atoms with Crippen LogP contribution in [0.5, 0.6) is 0 Å². The molecule has 88 valence electrons. The summed E-state index contributed by atoms with van der Waals surface area (Å²) in [6.07, 6.45) is 2.61. The molecule has 0 heterocycles. The van der Waals surface area contributed by atoms with Crippen LogP contribution in [0.25, 0.3) is 0 Å². The van der Waals surface area contributed by atoms with Gasteiger partial charge in [0.2, 0.25) is 5.91 Å². The fourth-order valence-corrected chi connectivity index (χ4v) is 1.61. The average molecular weight is 214 g/mol. The summed E-state index contributed by atoms with van der Waals surface area (Å²) in [7, 11) is 1.71. The minimum atomic E-state index is -0.0386. The maximum absolute atomic E-state index is 11.5. The lowest BCUT2D eigenvalue weighted by molar-refractivity contribution is -0.124. The molecule has 4 heteroatoms. The Morgan fingerprint density at radius 2 is 2.13 bits per heavy atom. The van der Waals surface area contributed by atoms with Crippen molar-refractivity contribution in [2.45, 2.75) is 51.3 Å². The van der Waals surface area contributed by atoms with Crippen LogP contribution in [-0.4, -0.2) is 31.2 Å². The van der Waals surface area contributed by atoms with E-state index in [1.165, 1.54) is 0 Å². The van der Waals surface area contributed by atoms with Gasteiger partial charge in [-0.25, -0.2) is 0 Å². The second-order valence-electron chi connectivity index (χ2n) is 4.71. The zero-order valence-corrected chi connectivity index (χ0v) is 9.82. The van der Waals surface area contributed by atoms with E-state index in [9.17, 15) is 4.79 Å². The van der Waals surface area contributed by atoms with Gasteiger partial charge in [0, 0.05) is 25.6 Å². The highest BCUT2D eigenvalue weighted by atomic mass is 16.5. The lowest BCUT2D eigenvalue weighted by Crippen LogP contribution is -2.48. The minimum Gasteiger partial charge on any atom is -0.381 e. The molecule has 1 aliphatic rings. The number of ether oxygens (including phenoxy) is 1. The number of hydrogen-bond acceptors (Lipinski definition) is 3. The van der Waals surface area contributed by atoms with Gasteiger partial charge in [-0.3, -0.25) is 4.79 Å². The Balaban J connectivity index is 2.15. The number of amides is 1. The van der Waals surface area contributed by atoms with Crippen LogP contribution in [-0.2, 0) is 9.53 Å². The molecule has 0 bridgehead atoms. The number of methoxy groups -OCH3 is 1. The van der Waals surface area contributed by atoms with Gasteiger partial charge in [0.1, 0.15) is 0 Å². The molecular formula is C11H22N2O2. The van der Waals surface area contributed by atoms with E-state index in [1.54, 1.807) is 7.11 Å². The molecule has 0 radical (unpaired) electrons. The van der Waals surface area contributed by atoms with Gasteiger partial charge in [-0.1, -0.05) is 13.8 Å². The summed E-state index contributed by atoms with van der Waals surface area (Å²) in [4.78, 5) is 11.5. The van der Waals surface area contributed by atoms with E-state index in [4.69, 9.17) is 10.5 Å². The Morgan fingerprint density at radius 3 is 2.60 bits per heavy atom. The Kier molecular flexibility index (Phi) is 4.54. The zero-order valence-electron chi connectivity index (χ0n) is 9.82. The van der Waals surface area contributed by atoms with Crippen molar-refractivity contribution in [3.05, 3.63) is 0 Å². The van der Waals surface area contributed by atoms with Crippen molar-refractivity contribution < 1.29 is 9.53 Å². The first-order valence-corrected chi connectivity index (χ1v) is 5.60. The van der Waals surface area contributed by atoms with Crippen LogP contribution in [0.15, 0.2) is 0 Å². The molecule has 1 amide bonds. The monoisotopic (exact) mass is 214 g/mol. The van der Waals surface area contributed by atoms with Crippen LogP contribution >= 0.6 is 0 Å². The van der Waals surface area contributed by atoms with Crippen LogP contribution in [0, 0.1) is 5.92 Å². The van der Waals surface area contributed by atoms with Gasteiger partial charge in [-0.05, 0) is 18.8 Å². The molecule has 1 saturated carbocycles. The van der Waals surface area contributed by atoms with E-state index < -0.39 is 0 Å². The summed E-state index contributed by atoms with van der Waals surface area (Å²) in [6, 6.07) is 0.255. The largest absolute Gasteiger partial charge is 0.381 e. The van der Waals surface area contributed by atoms with Gasteiger partial charge < -0.3 is 15.8 Å². The van der Waals surface area contributed by atoms with Crippen molar-refractivity contribution in [1.82, 2.24) is 5.32 Å². The van der Waals surface area contributed by atoms with Crippen LogP contribution in [0.3, 0.4) is 0 Å². The molecule has 1 aliphatic carbocycles. The van der Waals surface area contributed by atoms with Gasteiger partial charge in [0.15, 0.2) is 0 Å². The second kappa shape index (κ2) is 5.47. The summed E-state index contributed by atoms with van der Waals surface area (Å²) in [6.45, 7) is 4.06. The Morgan fingerprint density at radius 1 is 1.53 bits per heavy atom. The third kappa shape index (κ3) is 3.80. The predicted octanol–water partition coefficient (Wildman–Crippen LogP) is 0.653. The van der Waals surface area contributed by atoms with Crippen molar-refractivity contribution >= 4 is 5.91 Å². The lowest BCUT2D eigenvalue weighted by Gasteiger charge is -2.34. The van der Waals surface area contributed by atoms with Crippen molar-refractivity contribution in [3.8, 4) is 0 Å². The fraction of sp³-hybridized carbons (Fsp3) is 0.909. The molecule has 4 nitrogen and oxygen atoms in total. The molecule has 0 saturated heterocycles. The maximum atomic E-state index is 11.5. The standard InChI is InChI=1S/C11H22N2O2/c1-7(2)10(12)6-11(14)13-8-4-9(5-8)15-3/h7-10H,4-6,12H2,1-3H3,(H,13,14). The summed E-state index contributed by atoms with van der Waals surface area (Å²) in [5.41, 5.74) is 5.82. The topological polar surface area (TPSA) is 64.3 Å². The predicted molar refractivity (Wildman–Crippen MR) is 59.4 cm³/mol. The molecule has 1 fully saturated rings. The molecule has 0 aromatic carbocycles. The molecule has 1 unspecified atom stereocenters. The minimum absolute atomic E-state index is 0.0386. The molecular weight excluding hydrogens is 192 g/mol. The number of carbonyl (C=O) groups excluding carboxylic acids is 1. The fourth-order valence-electron chi connectivity index (χ4n) is 1.61. The highest BCUT2D eigenvalue weighted by Crippen LogP contribution is 2.22. The van der Waals surface area contributed by atoms with E-state index in [1.807, 2.05) is 13.8 Å². The third-order valence-corrected chi connectivity index (χ3v) is 3.07.